The molecule has 128 valence electrons. The Bertz CT molecular complexity index is 405. The number of allylic oxidation sites excluding steroid dienone is 4. The first-order chi connectivity index (χ1) is 11.3. The Morgan fingerprint density at radius 3 is 1.39 bits per heavy atom. The summed E-state index contributed by atoms with van der Waals surface area (Å²) in [7, 11) is 0. The average Bonchev–Trinajstić information content (AvgIpc) is 2.59. The van der Waals surface area contributed by atoms with Gasteiger partial charge in [-0.3, -0.25) is 4.79 Å². The third-order valence-electron chi connectivity index (χ3n) is 6.15. The summed E-state index contributed by atoms with van der Waals surface area (Å²) >= 11 is 0. The standard InChI is InChI=1S/C22H34O/c23-22-20(16-18-10-4-1-5-11-18)14-8-3-9-15-21(22)17-19-12-6-2-7-13-19/h16-19H,1-15H2/b20-16-,21-17+. The summed E-state index contributed by atoms with van der Waals surface area (Å²) in [5, 5.41) is 0. The van der Waals surface area contributed by atoms with E-state index in [9.17, 15) is 4.79 Å². The van der Waals surface area contributed by atoms with E-state index in [0.29, 0.717) is 17.6 Å². The predicted octanol–water partition coefficient (Wildman–Crippen LogP) is 6.53. The zero-order valence-electron chi connectivity index (χ0n) is 14.8. The second kappa shape index (κ2) is 8.85. The van der Waals surface area contributed by atoms with Gasteiger partial charge in [0.1, 0.15) is 0 Å². The summed E-state index contributed by atoms with van der Waals surface area (Å²) < 4.78 is 0. The van der Waals surface area contributed by atoms with Crippen molar-refractivity contribution in [1.29, 1.82) is 0 Å². The van der Waals surface area contributed by atoms with Crippen molar-refractivity contribution in [3.8, 4) is 0 Å². The lowest BCUT2D eigenvalue weighted by Crippen LogP contribution is -2.14. The quantitative estimate of drug-likeness (QED) is 0.529. The molecular formula is C22H34O. The maximum absolute atomic E-state index is 13.1. The van der Waals surface area contributed by atoms with Gasteiger partial charge in [0.2, 0.25) is 0 Å². The minimum Gasteiger partial charge on any atom is -0.289 e. The highest BCUT2D eigenvalue weighted by atomic mass is 16.1. The Balaban J connectivity index is 1.73. The smallest absolute Gasteiger partial charge is 0.184 e. The van der Waals surface area contributed by atoms with Crippen LogP contribution in [0.15, 0.2) is 23.3 Å². The highest BCUT2D eigenvalue weighted by molar-refractivity contribution is 6.08. The van der Waals surface area contributed by atoms with E-state index < -0.39 is 0 Å². The van der Waals surface area contributed by atoms with E-state index in [1.165, 1.54) is 94.6 Å². The zero-order valence-corrected chi connectivity index (χ0v) is 14.8. The van der Waals surface area contributed by atoms with E-state index in [2.05, 4.69) is 12.2 Å². The Morgan fingerprint density at radius 2 is 0.957 bits per heavy atom. The average molecular weight is 315 g/mol. The first-order valence-corrected chi connectivity index (χ1v) is 10.3. The van der Waals surface area contributed by atoms with Crippen LogP contribution >= 0.6 is 0 Å². The van der Waals surface area contributed by atoms with Crippen LogP contribution in [0.5, 0.6) is 0 Å². The number of ketones is 1. The van der Waals surface area contributed by atoms with Crippen LogP contribution in [0.1, 0.15) is 96.3 Å². The first-order valence-electron chi connectivity index (χ1n) is 10.3. The van der Waals surface area contributed by atoms with E-state index in [-0.39, 0.29) is 0 Å². The predicted molar refractivity (Wildman–Crippen MR) is 97.4 cm³/mol. The van der Waals surface area contributed by atoms with E-state index in [4.69, 9.17) is 0 Å². The van der Waals surface area contributed by atoms with Gasteiger partial charge in [-0.2, -0.15) is 0 Å². The lowest BCUT2D eigenvalue weighted by atomic mass is 9.82. The molecule has 0 spiro atoms. The van der Waals surface area contributed by atoms with E-state index in [1.807, 2.05) is 0 Å². The molecule has 0 aromatic rings. The van der Waals surface area contributed by atoms with E-state index in [1.54, 1.807) is 0 Å². The highest BCUT2D eigenvalue weighted by Gasteiger charge is 2.22. The molecule has 0 N–H and O–H groups in total. The number of rotatable bonds is 2. The van der Waals surface area contributed by atoms with Gasteiger partial charge in [0.25, 0.3) is 0 Å². The molecule has 0 amide bonds. The Hall–Kier alpha value is -0.850. The van der Waals surface area contributed by atoms with Crippen molar-refractivity contribution in [2.75, 3.05) is 0 Å². The fourth-order valence-electron chi connectivity index (χ4n) is 4.73. The molecule has 0 atom stereocenters. The van der Waals surface area contributed by atoms with Crippen LogP contribution in [0, 0.1) is 11.8 Å². The Kier molecular flexibility index (Phi) is 6.54. The van der Waals surface area contributed by atoms with Gasteiger partial charge in [-0.25, -0.2) is 0 Å². The highest BCUT2D eigenvalue weighted by Crippen LogP contribution is 2.32. The lowest BCUT2D eigenvalue weighted by Gasteiger charge is -2.23. The molecule has 0 aliphatic heterocycles. The normalized spacial score (nSPS) is 29.7. The zero-order chi connectivity index (χ0) is 15.9. The number of hydrogen-bond acceptors (Lipinski definition) is 1. The summed E-state index contributed by atoms with van der Waals surface area (Å²) in [6, 6.07) is 0. The first kappa shape index (κ1) is 17.0. The molecule has 1 heteroatoms. The van der Waals surface area contributed by atoms with Crippen LogP contribution in [0.2, 0.25) is 0 Å². The molecule has 0 heterocycles. The van der Waals surface area contributed by atoms with Gasteiger partial charge in [-0.15, -0.1) is 0 Å². The minimum atomic E-state index is 0.417. The van der Waals surface area contributed by atoms with Gasteiger partial charge in [0, 0.05) is 0 Å². The summed E-state index contributed by atoms with van der Waals surface area (Å²) in [5.74, 6) is 1.77. The fraction of sp³-hybridized carbons (Fsp3) is 0.773. The number of hydrogen-bond donors (Lipinski definition) is 0. The van der Waals surface area contributed by atoms with Crippen LogP contribution < -0.4 is 0 Å². The summed E-state index contributed by atoms with van der Waals surface area (Å²) in [5.41, 5.74) is 2.33. The maximum Gasteiger partial charge on any atom is 0.184 e. The van der Waals surface area contributed by atoms with E-state index in [0.717, 1.165) is 12.8 Å². The van der Waals surface area contributed by atoms with Gasteiger partial charge < -0.3 is 0 Å². The van der Waals surface area contributed by atoms with Crippen LogP contribution in [0.4, 0.5) is 0 Å². The van der Waals surface area contributed by atoms with Crippen molar-refractivity contribution in [2.24, 2.45) is 11.8 Å². The molecule has 0 saturated heterocycles. The van der Waals surface area contributed by atoms with Crippen molar-refractivity contribution in [3.05, 3.63) is 23.3 Å². The van der Waals surface area contributed by atoms with Crippen LogP contribution in [0.3, 0.4) is 0 Å². The molecule has 0 unspecified atom stereocenters. The molecule has 0 aromatic carbocycles. The number of carbonyl (C=O) groups is 1. The van der Waals surface area contributed by atoms with Crippen molar-refractivity contribution in [3.63, 3.8) is 0 Å². The molecule has 3 saturated carbocycles. The van der Waals surface area contributed by atoms with Crippen molar-refractivity contribution >= 4 is 5.78 Å². The van der Waals surface area contributed by atoms with Gasteiger partial charge in [-0.05, 0) is 74.3 Å². The molecule has 3 aliphatic carbocycles. The van der Waals surface area contributed by atoms with Gasteiger partial charge >= 0.3 is 0 Å². The molecule has 1 nitrogen and oxygen atoms in total. The van der Waals surface area contributed by atoms with Crippen molar-refractivity contribution < 1.29 is 4.79 Å². The molecule has 0 aromatic heterocycles. The Morgan fingerprint density at radius 1 is 0.565 bits per heavy atom. The molecule has 23 heavy (non-hydrogen) atoms. The van der Waals surface area contributed by atoms with Crippen molar-refractivity contribution in [1.82, 2.24) is 0 Å². The second-order valence-electron chi connectivity index (χ2n) is 8.07. The van der Waals surface area contributed by atoms with Crippen LogP contribution in [-0.2, 0) is 4.79 Å². The van der Waals surface area contributed by atoms with Gasteiger partial charge in [-0.1, -0.05) is 57.1 Å². The minimum absolute atomic E-state index is 0.417. The molecule has 0 radical (unpaired) electrons. The lowest BCUT2D eigenvalue weighted by molar-refractivity contribution is -0.112. The molecule has 3 aliphatic rings. The maximum atomic E-state index is 13.1. The third-order valence-corrected chi connectivity index (χ3v) is 6.15. The van der Waals surface area contributed by atoms with Gasteiger partial charge in [0.05, 0.1) is 0 Å². The molecule has 3 rings (SSSR count). The molecular weight excluding hydrogens is 280 g/mol. The number of carbonyl (C=O) groups excluding carboxylic acids is 1. The topological polar surface area (TPSA) is 17.1 Å². The summed E-state index contributed by atoms with van der Waals surface area (Å²) in [6.45, 7) is 0. The van der Waals surface area contributed by atoms with Crippen molar-refractivity contribution in [2.45, 2.75) is 96.3 Å². The molecule has 3 fully saturated rings. The largest absolute Gasteiger partial charge is 0.289 e. The monoisotopic (exact) mass is 314 g/mol. The van der Waals surface area contributed by atoms with E-state index >= 15 is 0 Å². The third kappa shape index (κ3) is 5.06. The van der Waals surface area contributed by atoms with Gasteiger partial charge in [0.15, 0.2) is 5.78 Å². The van der Waals surface area contributed by atoms with Crippen LogP contribution in [-0.4, -0.2) is 5.78 Å². The molecule has 0 bridgehead atoms. The second-order valence-corrected chi connectivity index (χ2v) is 8.07. The Labute approximate surface area is 142 Å². The SMILES string of the molecule is O=C1/C(=C\C2CCCCC2)CCCCC/C1=C\C1CCCCC1. The van der Waals surface area contributed by atoms with Crippen LogP contribution in [0.25, 0.3) is 0 Å². The fourth-order valence-corrected chi connectivity index (χ4v) is 4.73. The number of Topliss-reactive ketones (excluding diaryl/α,β-unsaturated/α-hetero) is 1. The summed E-state index contributed by atoms with van der Waals surface area (Å²) in [4.78, 5) is 13.1. The summed E-state index contributed by atoms with van der Waals surface area (Å²) in [6.07, 6.45) is 24.0.